The molecule has 1 nitrogen and oxygen atoms in total. The Balaban J connectivity index is 2.33. The Morgan fingerprint density at radius 3 is 1.30 bits per heavy atom. The first-order valence-electron chi connectivity index (χ1n) is 7.61. The molecule has 0 bridgehead atoms. The maximum atomic E-state index is 5.32. The first-order chi connectivity index (χ1) is 11.4. The van der Waals surface area contributed by atoms with Crippen molar-refractivity contribution in [1.82, 2.24) is 0 Å². The number of rotatable bonds is 5. The van der Waals surface area contributed by atoms with Crippen LogP contribution in [0.15, 0.2) is 91.0 Å². The van der Waals surface area contributed by atoms with E-state index in [4.69, 9.17) is 4.74 Å². The highest BCUT2D eigenvalue weighted by molar-refractivity contribution is 7.40. The fourth-order valence-electron chi connectivity index (χ4n) is 2.89. The van der Waals surface area contributed by atoms with Crippen molar-refractivity contribution in [2.45, 2.75) is 5.16 Å². The molecule has 0 amide bonds. The zero-order valence-corrected chi connectivity index (χ0v) is 14.0. The van der Waals surface area contributed by atoms with Crippen LogP contribution in [0, 0.1) is 0 Å². The van der Waals surface area contributed by atoms with Crippen molar-refractivity contribution in [3.05, 3.63) is 108 Å². The Morgan fingerprint density at radius 1 is 0.652 bits per heavy atom. The standard InChI is InChI=1S/C21H19OP/c1-22-17-23-21(18-11-5-2-6-12-18,19-13-7-3-8-14-19)20-15-9-4-10-16-20/h2-17H,1H3. The number of methoxy groups -OCH3 is 1. The highest BCUT2D eigenvalue weighted by atomic mass is 31.1. The molecule has 0 radical (unpaired) electrons. The molecule has 0 saturated heterocycles. The van der Waals surface area contributed by atoms with Gasteiger partial charge < -0.3 is 4.74 Å². The molecule has 0 fully saturated rings. The Morgan fingerprint density at radius 2 is 1.00 bits per heavy atom. The number of hydrogen-bond donors (Lipinski definition) is 0. The maximum Gasteiger partial charge on any atom is 0.0888 e. The molecule has 0 aliphatic rings. The molecule has 0 atom stereocenters. The van der Waals surface area contributed by atoms with E-state index in [0.29, 0.717) is 0 Å². The van der Waals surface area contributed by atoms with Gasteiger partial charge in [0.05, 0.1) is 11.1 Å². The minimum Gasteiger partial charge on any atom is -0.353 e. The van der Waals surface area contributed by atoms with Crippen molar-refractivity contribution in [1.29, 1.82) is 0 Å². The van der Waals surface area contributed by atoms with Crippen LogP contribution in [0.4, 0.5) is 0 Å². The lowest BCUT2D eigenvalue weighted by atomic mass is 9.84. The molecule has 0 aromatic heterocycles. The van der Waals surface area contributed by atoms with Crippen LogP contribution in [-0.2, 0) is 9.89 Å². The van der Waals surface area contributed by atoms with Crippen LogP contribution in [0.25, 0.3) is 0 Å². The molecule has 0 aliphatic heterocycles. The van der Waals surface area contributed by atoms with E-state index in [2.05, 4.69) is 91.0 Å². The van der Waals surface area contributed by atoms with E-state index in [1.165, 1.54) is 16.7 Å². The second kappa shape index (κ2) is 7.37. The summed E-state index contributed by atoms with van der Waals surface area (Å²) in [5, 5.41) is -0.278. The highest BCUT2D eigenvalue weighted by Crippen LogP contribution is 2.47. The van der Waals surface area contributed by atoms with Crippen molar-refractivity contribution in [2.24, 2.45) is 0 Å². The first-order valence-corrected chi connectivity index (χ1v) is 8.57. The number of ether oxygens (including phenoxy) is 1. The Kier molecular flexibility index (Phi) is 5.02. The van der Waals surface area contributed by atoms with Crippen LogP contribution in [-0.4, -0.2) is 13.1 Å². The van der Waals surface area contributed by atoms with Gasteiger partial charge in [-0.2, -0.15) is 0 Å². The van der Waals surface area contributed by atoms with Crippen LogP contribution >= 0.6 is 8.20 Å². The zero-order valence-electron chi connectivity index (χ0n) is 13.1. The monoisotopic (exact) mass is 318 g/mol. The van der Waals surface area contributed by atoms with Crippen molar-refractivity contribution < 1.29 is 4.74 Å². The van der Waals surface area contributed by atoms with Gasteiger partial charge in [-0.3, -0.25) is 0 Å². The average Bonchev–Trinajstić information content (AvgIpc) is 2.65. The Labute approximate surface area is 139 Å². The van der Waals surface area contributed by atoms with E-state index in [0.717, 1.165) is 8.20 Å². The van der Waals surface area contributed by atoms with Gasteiger partial charge in [0, 0.05) is 7.11 Å². The van der Waals surface area contributed by atoms with Crippen LogP contribution in [0.5, 0.6) is 0 Å². The van der Waals surface area contributed by atoms with E-state index >= 15 is 0 Å². The maximum absolute atomic E-state index is 5.32. The van der Waals surface area contributed by atoms with E-state index in [-0.39, 0.29) is 5.16 Å². The van der Waals surface area contributed by atoms with E-state index in [9.17, 15) is 0 Å². The van der Waals surface area contributed by atoms with Crippen molar-refractivity contribution in [3.63, 3.8) is 0 Å². The summed E-state index contributed by atoms with van der Waals surface area (Å²) in [6.07, 6.45) is 0. The summed E-state index contributed by atoms with van der Waals surface area (Å²) in [4.78, 5) is 0. The van der Waals surface area contributed by atoms with Crippen LogP contribution < -0.4 is 0 Å². The molecule has 2 heteroatoms. The summed E-state index contributed by atoms with van der Waals surface area (Å²) in [5.74, 6) is 1.87. The van der Waals surface area contributed by atoms with Crippen LogP contribution in [0.1, 0.15) is 16.7 Å². The summed E-state index contributed by atoms with van der Waals surface area (Å²) < 4.78 is 5.32. The third kappa shape index (κ3) is 3.12. The molecular weight excluding hydrogens is 299 g/mol. The molecule has 23 heavy (non-hydrogen) atoms. The van der Waals surface area contributed by atoms with Crippen molar-refractivity contribution >= 4 is 14.2 Å². The predicted octanol–water partition coefficient (Wildman–Crippen LogP) is 5.33. The summed E-state index contributed by atoms with van der Waals surface area (Å²) in [7, 11) is 2.79. The van der Waals surface area contributed by atoms with Gasteiger partial charge in [-0.1, -0.05) is 99.2 Å². The largest absolute Gasteiger partial charge is 0.353 e. The summed E-state index contributed by atoms with van der Waals surface area (Å²) in [6.45, 7) is 0. The summed E-state index contributed by atoms with van der Waals surface area (Å²) >= 11 is 0. The molecule has 0 saturated carbocycles. The van der Waals surface area contributed by atoms with Crippen molar-refractivity contribution in [2.75, 3.05) is 7.11 Å². The third-order valence-electron chi connectivity index (χ3n) is 3.93. The van der Waals surface area contributed by atoms with E-state index in [1.54, 1.807) is 7.11 Å². The minimum atomic E-state index is -0.278. The van der Waals surface area contributed by atoms with Gasteiger partial charge >= 0.3 is 0 Å². The van der Waals surface area contributed by atoms with Crippen LogP contribution in [0.2, 0.25) is 0 Å². The lowest BCUT2D eigenvalue weighted by Crippen LogP contribution is -2.23. The Hall–Kier alpha value is -2.21. The smallest absolute Gasteiger partial charge is 0.0888 e. The molecule has 0 aliphatic carbocycles. The van der Waals surface area contributed by atoms with Gasteiger partial charge in [0.15, 0.2) is 0 Å². The van der Waals surface area contributed by atoms with Gasteiger partial charge in [0.2, 0.25) is 0 Å². The third-order valence-corrected chi connectivity index (χ3v) is 5.40. The average molecular weight is 318 g/mol. The fraction of sp³-hybridized carbons (Fsp3) is 0.0952. The molecule has 0 heterocycles. The number of benzene rings is 3. The van der Waals surface area contributed by atoms with Gasteiger partial charge in [-0.25, -0.2) is 0 Å². The Bertz CT molecular complexity index is 655. The lowest BCUT2D eigenvalue weighted by Gasteiger charge is -2.32. The van der Waals surface area contributed by atoms with Crippen molar-refractivity contribution in [3.8, 4) is 0 Å². The zero-order chi connectivity index (χ0) is 16.0. The van der Waals surface area contributed by atoms with E-state index in [1.807, 2.05) is 5.98 Å². The molecular formula is C21H19OP. The van der Waals surface area contributed by atoms with Gasteiger partial charge in [-0.15, -0.1) is 0 Å². The normalized spacial score (nSPS) is 11.7. The van der Waals surface area contributed by atoms with Gasteiger partial charge in [-0.05, 0) is 16.7 Å². The second-order valence-corrected chi connectivity index (χ2v) is 6.42. The lowest BCUT2D eigenvalue weighted by molar-refractivity contribution is 0.431. The summed E-state index contributed by atoms with van der Waals surface area (Å²) in [5.41, 5.74) is 3.77. The van der Waals surface area contributed by atoms with Gasteiger partial charge in [0.25, 0.3) is 0 Å². The van der Waals surface area contributed by atoms with Crippen LogP contribution in [0.3, 0.4) is 0 Å². The highest BCUT2D eigenvalue weighted by Gasteiger charge is 2.34. The molecule has 3 aromatic rings. The molecule has 0 N–H and O–H groups in total. The molecule has 3 rings (SSSR count). The van der Waals surface area contributed by atoms with E-state index < -0.39 is 0 Å². The first kappa shape index (κ1) is 15.7. The number of hydrogen-bond acceptors (Lipinski definition) is 1. The quantitative estimate of drug-likeness (QED) is 0.456. The minimum absolute atomic E-state index is 0.278. The molecule has 0 spiro atoms. The fourth-order valence-corrected chi connectivity index (χ4v) is 4.05. The molecule has 0 unspecified atom stereocenters. The SMILES string of the molecule is COC=PC(c1ccccc1)(c1ccccc1)c1ccccc1. The second-order valence-electron chi connectivity index (χ2n) is 5.28. The topological polar surface area (TPSA) is 9.23 Å². The predicted molar refractivity (Wildman–Crippen MR) is 99.2 cm³/mol. The van der Waals surface area contributed by atoms with Gasteiger partial charge in [0.1, 0.15) is 0 Å². The molecule has 114 valence electrons. The summed E-state index contributed by atoms with van der Waals surface area (Å²) in [6, 6.07) is 31.9. The molecule has 3 aromatic carbocycles.